The summed E-state index contributed by atoms with van der Waals surface area (Å²) in [5.41, 5.74) is 5.82. The van der Waals surface area contributed by atoms with Crippen molar-refractivity contribution in [1.82, 2.24) is 5.32 Å². The van der Waals surface area contributed by atoms with E-state index in [9.17, 15) is 13.6 Å². The Kier molecular flexibility index (Phi) is 4.47. The molecular weight excluding hydrogens is 250 g/mol. The minimum absolute atomic E-state index is 0.0184. The number of carbonyl (C=O) groups excluding carboxylic acids is 1. The first-order chi connectivity index (χ1) is 9.11. The molecule has 1 aromatic rings. The molecule has 1 saturated carbocycles. The summed E-state index contributed by atoms with van der Waals surface area (Å²) >= 11 is 0. The number of amides is 1. The van der Waals surface area contributed by atoms with Crippen molar-refractivity contribution in [1.29, 1.82) is 0 Å². The molecule has 1 aliphatic carbocycles. The molecule has 1 unspecified atom stereocenters. The van der Waals surface area contributed by atoms with Crippen molar-refractivity contribution < 1.29 is 13.6 Å². The van der Waals surface area contributed by atoms with Crippen molar-refractivity contribution >= 4 is 5.91 Å². The molecule has 0 spiro atoms. The van der Waals surface area contributed by atoms with Gasteiger partial charge in [-0.2, -0.15) is 0 Å². The van der Waals surface area contributed by atoms with Gasteiger partial charge < -0.3 is 11.1 Å². The molecule has 1 aliphatic rings. The van der Waals surface area contributed by atoms with Gasteiger partial charge in [0.25, 0.3) is 0 Å². The summed E-state index contributed by atoms with van der Waals surface area (Å²) in [5, 5.41) is 2.85. The van der Waals surface area contributed by atoms with E-state index in [0.717, 1.165) is 18.9 Å². The van der Waals surface area contributed by atoms with E-state index in [0.29, 0.717) is 12.5 Å². The highest BCUT2D eigenvalue weighted by Gasteiger charge is 2.31. The molecule has 1 atom stereocenters. The molecule has 19 heavy (non-hydrogen) atoms. The Balaban J connectivity index is 1.84. The maximum atomic E-state index is 13.4. The van der Waals surface area contributed by atoms with E-state index in [1.807, 2.05) is 0 Å². The molecule has 104 valence electrons. The lowest BCUT2D eigenvalue weighted by Crippen LogP contribution is -2.41. The first-order valence-electron chi connectivity index (χ1n) is 6.54. The zero-order chi connectivity index (χ0) is 13.8. The van der Waals surface area contributed by atoms with E-state index in [-0.39, 0.29) is 30.4 Å². The van der Waals surface area contributed by atoms with Crippen LogP contribution in [0.25, 0.3) is 0 Å². The van der Waals surface area contributed by atoms with Gasteiger partial charge in [-0.15, -0.1) is 0 Å². The number of hydrogen-bond donors (Lipinski definition) is 2. The Bertz CT molecular complexity index is 461. The number of rotatable bonds is 6. The van der Waals surface area contributed by atoms with Crippen molar-refractivity contribution in [3.63, 3.8) is 0 Å². The molecule has 5 heteroatoms. The maximum absolute atomic E-state index is 13.4. The average molecular weight is 268 g/mol. The van der Waals surface area contributed by atoms with Gasteiger partial charge in [-0.3, -0.25) is 4.79 Å². The second-order valence-electron chi connectivity index (χ2n) is 4.96. The van der Waals surface area contributed by atoms with E-state index in [2.05, 4.69) is 5.32 Å². The van der Waals surface area contributed by atoms with Crippen molar-refractivity contribution in [3.8, 4) is 0 Å². The number of hydrogen-bond acceptors (Lipinski definition) is 2. The molecule has 1 fully saturated rings. The van der Waals surface area contributed by atoms with Gasteiger partial charge in [-0.25, -0.2) is 8.78 Å². The standard InChI is InChI=1S/C14H18F2N2O/c15-11-3-1-2-10(14(11)16)6-7-13(19)18-12(8-17)9-4-5-9/h1-3,9,12H,4-8,17H2,(H,18,19). The van der Waals surface area contributed by atoms with Gasteiger partial charge in [0.05, 0.1) is 0 Å². The Hall–Kier alpha value is -1.49. The van der Waals surface area contributed by atoms with Gasteiger partial charge in [0.15, 0.2) is 11.6 Å². The Morgan fingerprint density at radius 3 is 2.79 bits per heavy atom. The van der Waals surface area contributed by atoms with Crippen molar-refractivity contribution in [2.75, 3.05) is 6.54 Å². The minimum Gasteiger partial charge on any atom is -0.352 e. The van der Waals surface area contributed by atoms with Crippen LogP contribution in [0.4, 0.5) is 8.78 Å². The number of aryl methyl sites for hydroxylation is 1. The van der Waals surface area contributed by atoms with Crippen molar-refractivity contribution in [2.45, 2.75) is 31.7 Å². The second kappa shape index (κ2) is 6.10. The largest absolute Gasteiger partial charge is 0.352 e. The first kappa shape index (κ1) is 13.9. The molecule has 0 radical (unpaired) electrons. The molecule has 3 N–H and O–H groups in total. The van der Waals surface area contributed by atoms with Gasteiger partial charge in [-0.05, 0) is 36.8 Å². The van der Waals surface area contributed by atoms with E-state index < -0.39 is 11.6 Å². The number of nitrogens with two attached hydrogens (primary N) is 1. The summed E-state index contributed by atoms with van der Waals surface area (Å²) in [6, 6.07) is 4.02. The monoisotopic (exact) mass is 268 g/mol. The van der Waals surface area contributed by atoms with Gasteiger partial charge in [-0.1, -0.05) is 12.1 Å². The highest BCUT2D eigenvalue weighted by molar-refractivity contribution is 5.76. The summed E-state index contributed by atoms with van der Waals surface area (Å²) in [6.07, 6.45) is 2.53. The lowest BCUT2D eigenvalue weighted by atomic mass is 10.1. The number of nitrogens with one attached hydrogen (secondary N) is 1. The fraction of sp³-hybridized carbons (Fsp3) is 0.500. The van der Waals surface area contributed by atoms with Crippen molar-refractivity contribution in [3.05, 3.63) is 35.4 Å². The summed E-state index contributed by atoms with van der Waals surface area (Å²) in [6.45, 7) is 0.421. The van der Waals surface area contributed by atoms with Crippen LogP contribution in [-0.2, 0) is 11.2 Å². The molecule has 0 aliphatic heterocycles. The minimum atomic E-state index is -0.879. The number of benzene rings is 1. The highest BCUT2D eigenvalue weighted by Crippen LogP contribution is 2.32. The molecule has 1 amide bonds. The van der Waals surface area contributed by atoms with E-state index in [1.54, 1.807) is 0 Å². The number of carbonyl (C=O) groups is 1. The summed E-state index contributed by atoms with van der Waals surface area (Å²) in [5.74, 6) is -1.42. The van der Waals surface area contributed by atoms with Crippen LogP contribution >= 0.6 is 0 Å². The van der Waals surface area contributed by atoms with Crippen LogP contribution in [0.5, 0.6) is 0 Å². The lowest BCUT2D eigenvalue weighted by Gasteiger charge is -2.15. The van der Waals surface area contributed by atoms with Crippen LogP contribution in [0, 0.1) is 17.6 Å². The lowest BCUT2D eigenvalue weighted by molar-refractivity contribution is -0.121. The van der Waals surface area contributed by atoms with Crippen LogP contribution < -0.4 is 11.1 Å². The van der Waals surface area contributed by atoms with Crippen LogP contribution in [0.3, 0.4) is 0 Å². The Morgan fingerprint density at radius 1 is 1.42 bits per heavy atom. The van der Waals surface area contributed by atoms with Crippen LogP contribution in [-0.4, -0.2) is 18.5 Å². The smallest absolute Gasteiger partial charge is 0.220 e. The molecule has 1 aromatic carbocycles. The summed E-state index contributed by atoms with van der Waals surface area (Å²) in [4.78, 5) is 11.7. The van der Waals surface area contributed by atoms with Crippen LogP contribution in [0.15, 0.2) is 18.2 Å². The van der Waals surface area contributed by atoms with E-state index in [4.69, 9.17) is 5.73 Å². The van der Waals surface area contributed by atoms with Gasteiger partial charge in [0, 0.05) is 19.0 Å². The molecule has 0 aromatic heterocycles. The molecular formula is C14H18F2N2O. The molecule has 2 rings (SSSR count). The highest BCUT2D eigenvalue weighted by atomic mass is 19.2. The zero-order valence-electron chi connectivity index (χ0n) is 10.7. The zero-order valence-corrected chi connectivity index (χ0v) is 10.7. The van der Waals surface area contributed by atoms with Crippen molar-refractivity contribution in [2.24, 2.45) is 11.7 Å². The summed E-state index contributed by atoms with van der Waals surface area (Å²) in [7, 11) is 0. The Morgan fingerprint density at radius 2 is 2.16 bits per heavy atom. The molecule has 0 heterocycles. The quantitative estimate of drug-likeness (QED) is 0.826. The molecule has 0 saturated heterocycles. The van der Waals surface area contributed by atoms with Gasteiger partial charge in [0.2, 0.25) is 5.91 Å². The van der Waals surface area contributed by atoms with Gasteiger partial charge in [0.1, 0.15) is 0 Å². The average Bonchev–Trinajstić information content (AvgIpc) is 3.22. The van der Waals surface area contributed by atoms with Gasteiger partial charge >= 0.3 is 0 Å². The Labute approximate surface area is 111 Å². The summed E-state index contributed by atoms with van der Waals surface area (Å²) < 4.78 is 26.4. The first-order valence-corrected chi connectivity index (χ1v) is 6.54. The van der Waals surface area contributed by atoms with E-state index in [1.165, 1.54) is 12.1 Å². The van der Waals surface area contributed by atoms with Crippen LogP contribution in [0.1, 0.15) is 24.8 Å². The molecule has 3 nitrogen and oxygen atoms in total. The predicted molar refractivity (Wildman–Crippen MR) is 68.4 cm³/mol. The molecule has 0 bridgehead atoms. The second-order valence-corrected chi connectivity index (χ2v) is 4.96. The topological polar surface area (TPSA) is 55.1 Å². The number of halogens is 2. The third-order valence-electron chi connectivity index (χ3n) is 3.44. The predicted octanol–water partition coefficient (Wildman–Crippen LogP) is 1.75. The SMILES string of the molecule is NCC(NC(=O)CCc1cccc(F)c1F)C1CC1. The maximum Gasteiger partial charge on any atom is 0.220 e. The van der Waals surface area contributed by atoms with Crippen LogP contribution in [0.2, 0.25) is 0 Å². The third-order valence-corrected chi connectivity index (χ3v) is 3.44. The van der Waals surface area contributed by atoms with E-state index >= 15 is 0 Å². The third kappa shape index (κ3) is 3.73. The fourth-order valence-electron chi connectivity index (χ4n) is 2.14. The fourth-order valence-corrected chi connectivity index (χ4v) is 2.14. The normalized spacial score (nSPS) is 16.2.